The van der Waals surface area contributed by atoms with Gasteiger partial charge in [-0.25, -0.2) is 0 Å². The maximum absolute atomic E-state index is 11.3. The Kier molecular flexibility index (Phi) is 4.39. The zero-order valence-electron chi connectivity index (χ0n) is 9.05. The van der Waals surface area contributed by atoms with Crippen molar-refractivity contribution in [3.8, 4) is 0 Å². The first-order valence-electron chi connectivity index (χ1n) is 5.64. The van der Waals surface area contributed by atoms with Crippen molar-refractivity contribution in [1.82, 2.24) is 0 Å². The topological polar surface area (TPSA) is 52.3 Å². The van der Waals surface area contributed by atoms with Crippen LogP contribution in [0.3, 0.4) is 0 Å². The fourth-order valence-corrected chi connectivity index (χ4v) is 2.03. The van der Waals surface area contributed by atoms with Crippen molar-refractivity contribution in [2.75, 3.05) is 6.54 Å². The van der Waals surface area contributed by atoms with E-state index in [9.17, 15) is 4.79 Å². The van der Waals surface area contributed by atoms with E-state index in [1.165, 1.54) is 12.8 Å². The fraction of sp³-hybridized carbons (Fsp3) is 0.909. The average molecular weight is 199 g/mol. The summed E-state index contributed by atoms with van der Waals surface area (Å²) in [6, 6.07) is 0. The summed E-state index contributed by atoms with van der Waals surface area (Å²) in [4.78, 5) is 11.3. The third-order valence-corrected chi connectivity index (χ3v) is 3.01. The zero-order valence-corrected chi connectivity index (χ0v) is 9.05. The van der Waals surface area contributed by atoms with Crippen molar-refractivity contribution >= 4 is 5.97 Å². The molecule has 0 unspecified atom stereocenters. The average Bonchev–Trinajstić information content (AvgIpc) is 2.44. The molecule has 0 aromatic heterocycles. The third kappa shape index (κ3) is 2.98. The molecule has 0 aromatic rings. The van der Waals surface area contributed by atoms with Crippen molar-refractivity contribution in [3.63, 3.8) is 0 Å². The van der Waals surface area contributed by atoms with Gasteiger partial charge in [-0.1, -0.05) is 19.8 Å². The number of hydrogen-bond donors (Lipinski definition) is 1. The van der Waals surface area contributed by atoms with Crippen molar-refractivity contribution in [1.29, 1.82) is 0 Å². The van der Waals surface area contributed by atoms with Gasteiger partial charge in [0.1, 0.15) is 5.60 Å². The SMILES string of the molecule is CCC(=O)OC1(CN)CCCCCC1. The molecule has 0 aliphatic heterocycles. The highest BCUT2D eigenvalue weighted by Crippen LogP contribution is 2.29. The summed E-state index contributed by atoms with van der Waals surface area (Å²) in [5, 5.41) is 0. The minimum absolute atomic E-state index is 0.114. The maximum atomic E-state index is 11.3. The van der Waals surface area contributed by atoms with E-state index in [0.29, 0.717) is 13.0 Å². The Morgan fingerprint density at radius 1 is 1.29 bits per heavy atom. The summed E-state index contributed by atoms with van der Waals surface area (Å²) in [6.45, 7) is 2.29. The van der Waals surface area contributed by atoms with Crippen molar-refractivity contribution in [2.45, 2.75) is 57.5 Å². The highest BCUT2D eigenvalue weighted by Gasteiger charge is 2.32. The molecule has 1 aliphatic carbocycles. The molecule has 0 aromatic carbocycles. The number of hydrogen-bond acceptors (Lipinski definition) is 3. The molecule has 0 radical (unpaired) electrons. The first-order chi connectivity index (χ1) is 6.72. The number of esters is 1. The first-order valence-corrected chi connectivity index (χ1v) is 5.64. The summed E-state index contributed by atoms with van der Waals surface area (Å²) in [7, 11) is 0. The van der Waals surface area contributed by atoms with Crippen LogP contribution in [-0.2, 0) is 9.53 Å². The van der Waals surface area contributed by atoms with E-state index in [2.05, 4.69) is 0 Å². The summed E-state index contributed by atoms with van der Waals surface area (Å²) in [6.07, 6.45) is 7.07. The van der Waals surface area contributed by atoms with Crippen LogP contribution in [0.4, 0.5) is 0 Å². The lowest BCUT2D eigenvalue weighted by atomic mass is 9.94. The monoisotopic (exact) mass is 199 g/mol. The van der Waals surface area contributed by atoms with Gasteiger partial charge in [-0.3, -0.25) is 4.79 Å². The van der Waals surface area contributed by atoms with Crippen LogP contribution in [0.25, 0.3) is 0 Å². The van der Waals surface area contributed by atoms with Crippen LogP contribution < -0.4 is 5.73 Å². The minimum Gasteiger partial charge on any atom is -0.458 e. The molecule has 0 amide bonds. The summed E-state index contributed by atoms with van der Waals surface area (Å²) in [5.74, 6) is -0.114. The second-order valence-electron chi connectivity index (χ2n) is 4.13. The Morgan fingerprint density at radius 3 is 2.29 bits per heavy atom. The minimum atomic E-state index is -0.344. The number of ether oxygens (including phenoxy) is 1. The van der Waals surface area contributed by atoms with Crippen LogP contribution in [0.2, 0.25) is 0 Å². The molecule has 14 heavy (non-hydrogen) atoms. The van der Waals surface area contributed by atoms with Crippen molar-refractivity contribution < 1.29 is 9.53 Å². The highest BCUT2D eigenvalue weighted by molar-refractivity contribution is 5.69. The van der Waals surface area contributed by atoms with E-state index in [4.69, 9.17) is 10.5 Å². The zero-order chi connectivity index (χ0) is 10.4. The predicted molar refractivity (Wildman–Crippen MR) is 55.9 cm³/mol. The van der Waals surface area contributed by atoms with E-state index in [-0.39, 0.29) is 11.6 Å². The van der Waals surface area contributed by atoms with Crippen molar-refractivity contribution in [2.24, 2.45) is 5.73 Å². The molecular weight excluding hydrogens is 178 g/mol. The van der Waals surface area contributed by atoms with Gasteiger partial charge in [-0.05, 0) is 25.7 Å². The van der Waals surface area contributed by atoms with Crippen LogP contribution in [0, 0.1) is 0 Å². The lowest BCUT2D eigenvalue weighted by molar-refractivity contribution is -0.159. The molecule has 3 heteroatoms. The Hall–Kier alpha value is -0.570. The molecule has 1 aliphatic rings. The molecule has 1 fully saturated rings. The quantitative estimate of drug-likeness (QED) is 0.558. The van der Waals surface area contributed by atoms with E-state index in [1.54, 1.807) is 0 Å². The molecule has 1 rings (SSSR count). The van der Waals surface area contributed by atoms with E-state index >= 15 is 0 Å². The van der Waals surface area contributed by atoms with Crippen LogP contribution in [0.1, 0.15) is 51.9 Å². The van der Waals surface area contributed by atoms with Gasteiger partial charge in [0.05, 0.1) is 0 Å². The van der Waals surface area contributed by atoms with Gasteiger partial charge in [0.2, 0.25) is 0 Å². The van der Waals surface area contributed by atoms with Gasteiger partial charge >= 0.3 is 5.97 Å². The Morgan fingerprint density at radius 2 is 1.86 bits per heavy atom. The standard InChI is InChI=1S/C11H21NO2/c1-2-10(13)14-11(9-12)7-5-3-4-6-8-11/h2-9,12H2,1H3. The molecule has 0 atom stereocenters. The third-order valence-electron chi connectivity index (χ3n) is 3.01. The van der Waals surface area contributed by atoms with Crippen LogP contribution in [0.5, 0.6) is 0 Å². The van der Waals surface area contributed by atoms with Crippen molar-refractivity contribution in [3.05, 3.63) is 0 Å². The first kappa shape index (κ1) is 11.5. The van der Waals surface area contributed by atoms with E-state index in [0.717, 1.165) is 25.7 Å². The molecule has 3 nitrogen and oxygen atoms in total. The van der Waals surface area contributed by atoms with E-state index < -0.39 is 0 Å². The molecule has 0 saturated heterocycles. The van der Waals surface area contributed by atoms with Crippen LogP contribution in [0.15, 0.2) is 0 Å². The second-order valence-corrected chi connectivity index (χ2v) is 4.13. The molecule has 1 saturated carbocycles. The Balaban J connectivity index is 2.57. The molecule has 2 N–H and O–H groups in total. The van der Waals surface area contributed by atoms with Gasteiger partial charge in [0.15, 0.2) is 0 Å². The lowest BCUT2D eigenvalue weighted by Crippen LogP contribution is -2.42. The summed E-state index contributed by atoms with van der Waals surface area (Å²) >= 11 is 0. The van der Waals surface area contributed by atoms with Gasteiger partial charge < -0.3 is 10.5 Å². The molecule has 0 heterocycles. The Bertz CT molecular complexity index is 184. The molecule has 82 valence electrons. The summed E-state index contributed by atoms with van der Waals surface area (Å²) < 4.78 is 5.49. The lowest BCUT2D eigenvalue weighted by Gasteiger charge is -2.31. The van der Waals surface area contributed by atoms with Crippen LogP contribution >= 0.6 is 0 Å². The van der Waals surface area contributed by atoms with Gasteiger partial charge in [0.25, 0.3) is 0 Å². The largest absolute Gasteiger partial charge is 0.458 e. The second kappa shape index (κ2) is 5.35. The molecule has 0 spiro atoms. The predicted octanol–water partition coefficient (Wildman–Crippen LogP) is 1.99. The Labute approximate surface area is 86.0 Å². The van der Waals surface area contributed by atoms with Gasteiger partial charge in [0, 0.05) is 13.0 Å². The number of rotatable bonds is 3. The van der Waals surface area contributed by atoms with Gasteiger partial charge in [-0.2, -0.15) is 0 Å². The number of carbonyl (C=O) groups is 1. The smallest absolute Gasteiger partial charge is 0.306 e. The normalized spacial score (nSPS) is 21.3. The molecular formula is C11H21NO2. The number of nitrogens with two attached hydrogens (primary N) is 1. The highest BCUT2D eigenvalue weighted by atomic mass is 16.6. The maximum Gasteiger partial charge on any atom is 0.306 e. The van der Waals surface area contributed by atoms with E-state index in [1.807, 2.05) is 6.92 Å². The van der Waals surface area contributed by atoms with Crippen LogP contribution in [-0.4, -0.2) is 18.1 Å². The fourth-order valence-electron chi connectivity index (χ4n) is 2.03. The van der Waals surface area contributed by atoms with Gasteiger partial charge in [-0.15, -0.1) is 0 Å². The number of carbonyl (C=O) groups excluding carboxylic acids is 1. The molecule has 0 bridgehead atoms. The summed E-state index contributed by atoms with van der Waals surface area (Å²) in [5.41, 5.74) is 5.39.